The quantitative estimate of drug-likeness (QED) is 0.621. The number of carbonyl (C=O) groups excluding carboxylic acids is 1. The highest BCUT2D eigenvalue weighted by Gasteiger charge is 2.26. The van der Waals surface area contributed by atoms with E-state index in [9.17, 15) is 4.79 Å². The summed E-state index contributed by atoms with van der Waals surface area (Å²) in [6, 6.07) is 17.2. The lowest BCUT2D eigenvalue weighted by atomic mass is 10.1. The predicted octanol–water partition coefficient (Wildman–Crippen LogP) is 4.50. The van der Waals surface area contributed by atoms with Crippen molar-refractivity contribution < 1.29 is 4.79 Å². The van der Waals surface area contributed by atoms with Crippen LogP contribution in [0.5, 0.6) is 0 Å². The van der Waals surface area contributed by atoms with E-state index in [4.69, 9.17) is 11.6 Å². The average molecular weight is 446 g/mol. The summed E-state index contributed by atoms with van der Waals surface area (Å²) in [5.41, 5.74) is 2.64. The monoisotopic (exact) mass is 444 g/mol. The third-order valence-corrected chi connectivity index (χ3v) is 5.63. The Kier molecular flexibility index (Phi) is 5.18. The fourth-order valence-electron chi connectivity index (χ4n) is 3.25. The van der Waals surface area contributed by atoms with Crippen molar-refractivity contribution in [2.45, 2.75) is 12.5 Å². The molecule has 0 radical (unpaired) electrons. The number of halogens is 2. The van der Waals surface area contributed by atoms with Gasteiger partial charge in [0.2, 0.25) is 0 Å². The Morgan fingerprint density at radius 1 is 1.22 bits per heavy atom. The molecular formula is C20H18BrClN4O. The van der Waals surface area contributed by atoms with E-state index in [1.165, 1.54) is 0 Å². The van der Waals surface area contributed by atoms with E-state index in [1.54, 1.807) is 0 Å². The molecule has 2 aromatic carbocycles. The summed E-state index contributed by atoms with van der Waals surface area (Å²) in [7, 11) is 0. The van der Waals surface area contributed by atoms with Crippen LogP contribution < -0.4 is 10.2 Å². The van der Waals surface area contributed by atoms with Crippen LogP contribution in [0.4, 0.5) is 5.82 Å². The van der Waals surface area contributed by atoms with Crippen LogP contribution in [-0.4, -0.2) is 35.2 Å². The van der Waals surface area contributed by atoms with E-state index < -0.39 is 0 Å². The fraction of sp³-hybridized carbons (Fsp3) is 0.200. The topological polar surface area (TPSA) is 61.0 Å². The van der Waals surface area contributed by atoms with E-state index in [0.717, 1.165) is 41.1 Å². The number of nitrogens with zero attached hydrogens (tertiary/aromatic N) is 2. The molecule has 1 amide bonds. The van der Waals surface area contributed by atoms with Crippen LogP contribution in [0.3, 0.4) is 0 Å². The van der Waals surface area contributed by atoms with Gasteiger partial charge in [-0.3, -0.25) is 9.89 Å². The van der Waals surface area contributed by atoms with Crippen molar-refractivity contribution >= 4 is 39.3 Å². The second-order valence-corrected chi connectivity index (χ2v) is 7.82. The van der Waals surface area contributed by atoms with Crippen molar-refractivity contribution in [3.8, 4) is 11.3 Å². The summed E-state index contributed by atoms with van der Waals surface area (Å²) in [6.45, 7) is 1.59. The lowest BCUT2D eigenvalue weighted by Crippen LogP contribution is -2.37. The van der Waals surface area contributed by atoms with Crippen molar-refractivity contribution in [2.75, 3.05) is 18.0 Å². The maximum Gasteiger partial charge on any atom is 0.252 e. The van der Waals surface area contributed by atoms with Crippen LogP contribution in [0.15, 0.2) is 59.1 Å². The molecule has 138 valence electrons. The Hall–Kier alpha value is -2.31. The first-order valence-corrected chi connectivity index (χ1v) is 9.89. The van der Waals surface area contributed by atoms with Gasteiger partial charge in [0.25, 0.3) is 5.91 Å². The van der Waals surface area contributed by atoms with Crippen LogP contribution in [0, 0.1) is 0 Å². The number of benzene rings is 2. The number of H-pyrrole nitrogens is 1. The molecular weight excluding hydrogens is 428 g/mol. The highest BCUT2D eigenvalue weighted by Crippen LogP contribution is 2.25. The summed E-state index contributed by atoms with van der Waals surface area (Å²) < 4.78 is 0.803. The van der Waals surface area contributed by atoms with Crippen LogP contribution in [-0.2, 0) is 0 Å². The Bertz CT molecular complexity index is 957. The first-order chi connectivity index (χ1) is 13.1. The van der Waals surface area contributed by atoms with E-state index >= 15 is 0 Å². The first-order valence-electron chi connectivity index (χ1n) is 8.72. The van der Waals surface area contributed by atoms with Gasteiger partial charge < -0.3 is 10.2 Å². The number of rotatable bonds is 4. The Balaban J connectivity index is 1.40. The molecule has 7 heteroatoms. The maximum atomic E-state index is 12.5. The Morgan fingerprint density at radius 3 is 2.78 bits per heavy atom. The SMILES string of the molecule is O=C(NC1CCN(c2cc(-c3ccc(Cl)cc3)[nH]n2)C1)c1ccccc1Br. The lowest BCUT2D eigenvalue weighted by Gasteiger charge is -2.16. The third kappa shape index (κ3) is 4.01. The van der Waals surface area contributed by atoms with Gasteiger partial charge in [0.15, 0.2) is 5.82 Å². The van der Waals surface area contributed by atoms with Gasteiger partial charge in [0.05, 0.1) is 11.3 Å². The van der Waals surface area contributed by atoms with Gasteiger partial charge in [-0.2, -0.15) is 5.10 Å². The molecule has 1 aliphatic rings. The van der Waals surface area contributed by atoms with Crippen molar-refractivity contribution in [3.63, 3.8) is 0 Å². The standard InChI is InChI=1S/C20H18BrClN4O/c21-17-4-2-1-3-16(17)20(27)23-15-9-10-26(12-15)19-11-18(24-25-19)13-5-7-14(22)8-6-13/h1-8,11,15H,9-10,12H2,(H,23,27)(H,24,25). The van der Waals surface area contributed by atoms with Crippen molar-refractivity contribution in [2.24, 2.45) is 0 Å². The van der Waals surface area contributed by atoms with Crippen molar-refractivity contribution in [3.05, 3.63) is 69.7 Å². The summed E-state index contributed by atoms with van der Waals surface area (Å²) in [5, 5.41) is 11.3. The van der Waals surface area contributed by atoms with Gasteiger partial charge in [0, 0.05) is 34.7 Å². The zero-order valence-corrected chi connectivity index (χ0v) is 16.8. The molecule has 2 heterocycles. The van der Waals surface area contributed by atoms with Crippen molar-refractivity contribution in [1.82, 2.24) is 15.5 Å². The number of hydrogen-bond donors (Lipinski definition) is 2. The lowest BCUT2D eigenvalue weighted by molar-refractivity contribution is 0.0939. The highest BCUT2D eigenvalue weighted by molar-refractivity contribution is 9.10. The zero-order chi connectivity index (χ0) is 18.8. The molecule has 0 bridgehead atoms. The first kappa shape index (κ1) is 18.1. The molecule has 2 N–H and O–H groups in total. The summed E-state index contributed by atoms with van der Waals surface area (Å²) in [5.74, 6) is 0.829. The molecule has 5 nitrogen and oxygen atoms in total. The summed E-state index contributed by atoms with van der Waals surface area (Å²) in [4.78, 5) is 14.7. The van der Waals surface area contributed by atoms with E-state index in [1.807, 2.05) is 54.6 Å². The average Bonchev–Trinajstić information content (AvgIpc) is 3.32. The zero-order valence-electron chi connectivity index (χ0n) is 14.5. The van der Waals surface area contributed by atoms with Gasteiger partial charge in [-0.25, -0.2) is 0 Å². The minimum Gasteiger partial charge on any atom is -0.353 e. The predicted molar refractivity (Wildman–Crippen MR) is 111 cm³/mol. The number of amides is 1. The molecule has 1 saturated heterocycles. The van der Waals surface area contributed by atoms with E-state index in [0.29, 0.717) is 10.6 Å². The maximum absolute atomic E-state index is 12.5. The number of nitrogens with one attached hydrogen (secondary N) is 2. The number of aromatic nitrogens is 2. The highest BCUT2D eigenvalue weighted by atomic mass is 79.9. The summed E-state index contributed by atoms with van der Waals surface area (Å²) >= 11 is 9.38. The second kappa shape index (κ2) is 7.74. The van der Waals surface area contributed by atoms with Crippen LogP contribution in [0.1, 0.15) is 16.8 Å². The largest absolute Gasteiger partial charge is 0.353 e. The molecule has 0 aliphatic carbocycles. The molecule has 1 unspecified atom stereocenters. The molecule has 3 aromatic rings. The van der Waals surface area contributed by atoms with Gasteiger partial charge >= 0.3 is 0 Å². The molecule has 1 atom stereocenters. The van der Waals surface area contributed by atoms with Crippen LogP contribution in [0.2, 0.25) is 5.02 Å². The van der Waals surface area contributed by atoms with E-state index in [-0.39, 0.29) is 11.9 Å². The normalized spacial score (nSPS) is 16.5. The molecule has 1 aliphatic heterocycles. The van der Waals surface area contributed by atoms with Crippen molar-refractivity contribution in [1.29, 1.82) is 0 Å². The minimum atomic E-state index is -0.0572. The number of carbonyl (C=O) groups is 1. The molecule has 1 fully saturated rings. The van der Waals surface area contributed by atoms with Gasteiger partial charge in [-0.1, -0.05) is 35.9 Å². The number of aromatic amines is 1. The number of hydrogen-bond acceptors (Lipinski definition) is 3. The minimum absolute atomic E-state index is 0.0572. The molecule has 0 spiro atoms. The van der Waals surface area contributed by atoms with Gasteiger partial charge in [0.1, 0.15) is 0 Å². The molecule has 0 saturated carbocycles. The second-order valence-electron chi connectivity index (χ2n) is 6.53. The molecule has 1 aromatic heterocycles. The smallest absolute Gasteiger partial charge is 0.252 e. The van der Waals surface area contributed by atoms with Gasteiger partial charge in [-0.05, 0) is 52.2 Å². The van der Waals surface area contributed by atoms with E-state index in [2.05, 4.69) is 36.3 Å². The van der Waals surface area contributed by atoms with Crippen LogP contribution >= 0.6 is 27.5 Å². The molecule has 4 rings (SSSR count). The Labute approximate surface area is 170 Å². The fourth-order valence-corrected chi connectivity index (χ4v) is 3.84. The van der Waals surface area contributed by atoms with Gasteiger partial charge in [-0.15, -0.1) is 0 Å². The summed E-state index contributed by atoms with van der Waals surface area (Å²) in [6.07, 6.45) is 0.888. The Morgan fingerprint density at radius 2 is 2.00 bits per heavy atom. The molecule has 27 heavy (non-hydrogen) atoms. The van der Waals surface area contributed by atoms with Crippen LogP contribution in [0.25, 0.3) is 11.3 Å². The number of anilines is 1. The third-order valence-electron chi connectivity index (χ3n) is 4.69.